The number of H-pyrrole nitrogens is 1. The van der Waals surface area contributed by atoms with Crippen LogP contribution in [-0.2, 0) is 0 Å². The fourth-order valence-corrected chi connectivity index (χ4v) is 1.67. The summed E-state index contributed by atoms with van der Waals surface area (Å²) in [7, 11) is 0. The Bertz CT molecular complexity index is 576. The molecular formula is C13H15NO4. The second kappa shape index (κ2) is 5.66. The van der Waals surface area contributed by atoms with Crippen LogP contribution in [0.1, 0.15) is 12.8 Å². The van der Waals surface area contributed by atoms with Crippen LogP contribution in [0.3, 0.4) is 0 Å². The Morgan fingerprint density at radius 3 is 2.78 bits per heavy atom. The molecule has 0 saturated heterocycles. The molecule has 0 aliphatic carbocycles. The van der Waals surface area contributed by atoms with E-state index in [1.807, 2.05) is 12.1 Å². The van der Waals surface area contributed by atoms with Crippen molar-refractivity contribution in [3.8, 4) is 5.75 Å². The van der Waals surface area contributed by atoms with Gasteiger partial charge < -0.3 is 19.9 Å². The highest BCUT2D eigenvalue weighted by Crippen LogP contribution is 2.18. The zero-order chi connectivity index (χ0) is 13.0. The molecule has 0 spiro atoms. The Kier molecular flexibility index (Phi) is 3.96. The van der Waals surface area contributed by atoms with Crippen LogP contribution in [0.2, 0.25) is 0 Å². The molecule has 5 nitrogen and oxygen atoms in total. The topological polar surface area (TPSA) is 82.6 Å². The first-order valence-corrected chi connectivity index (χ1v) is 5.77. The molecule has 1 aromatic carbocycles. The zero-order valence-electron chi connectivity index (χ0n) is 9.80. The van der Waals surface area contributed by atoms with E-state index < -0.39 is 6.29 Å². The van der Waals surface area contributed by atoms with Gasteiger partial charge in [-0.25, -0.2) is 0 Å². The average Bonchev–Trinajstić information content (AvgIpc) is 2.34. The third kappa shape index (κ3) is 3.32. The number of aliphatic hydroxyl groups is 2. The number of ether oxygens (including phenoxy) is 1. The number of benzene rings is 1. The predicted molar refractivity (Wildman–Crippen MR) is 67.5 cm³/mol. The Labute approximate surface area is 104 Å². The quantitative estimate of drug-likeness (QED) is 0.545. The summed E-state index contributed by atoms with van der Waals surface area (Å²) >= 11 is 0. The van der Waals surface area contributed by atoms with Crippen molar-refractivity contribution in [2.24, 2.45) is 0 Å². The summed E-state index contributed by atoms with van der Waals surface area (Å²) in [5.74, 6) is 0.650. The molecule has 0 aliphatic heterocycles. The number of hydrogen-bond donors (Lipinski definition) is 3. The highest BCUT2D eigenvalue weighted by Gasteiger charge is 2.00. The molecule has 1 aromatic heterocycles. The molecule has 18 heavy (non-hydrogen) atoms. The van der Waals surface area contributed by atoms with Crippen molar-refractivity contribution in [2.75, 3.05) is 6.61 Å². The summed E-state index contributed by atoms with van der Waals surface area (Å²) in [5, 5.41) is 18.3. The monoisotopic (exact) mass is 249 g/mol. The molecule has 2 aromatic rings. The van der Waals surface area contributed by atoms with Gasteiger partial charge in [-0.2, -0.15) is 0 Å². The summed E-state index contributed by atoms with van der Waals surface area (Å²) in [4.78, 5) is 13.9. The number of aromatic amines is 1. The lowest BCUT2D eigenvalue weighted by molar-refractivity contribution is -0.0479. The number of fused-ring (bicyclic) bond motifs is 1. The maximum Gasteiger partial charge on any atom is 0.248 e. The van der Waals surface area contributed by atoms with Gasteiger partial charge in [-0.1, -0.05) is 0 Å². The average molecular weight is 249 g/mol. The fraction of sp³-hybridized carbons (Fsp3) is 0.308. The van der Waals surface area contributed by atoms with Crippen LogP contribution in [0.5, 0.6) is 5.75 Å². The van der Waals surface area contributed by atoms with Crippen LogP contribution < -0.4 is 10.3 Å². The van der Waals surface area contributed by atoms with Crippen molar-refractivity contribution in [2.45, 2.75) is 19.1 Å². The molecule has 0 saturated carbocycles. The highest BCUT2D eigenvalue weighted by molar-refractivity contribution is 5.79. The van der Waals surface area contributed by atoms with Gasteiger partial charge in [-0.15, -0.1) is 0 Å². The predicted octanol–water partition coefficient (Wildman–Crippen LogP) is 0.998. The molecule has 0 fully saturated rings. The number of aliphatic hydroxyl groups excluding tert-OH is 1. The van der Waals surface area contributed by atoms with Crippen LogP contribution in [0.25, 0.3) is 10.9 Å². The summed E-state index contributed by atoms with van der Waals surface area (Å²) < 4.78 is 5.46. The standard InChI is InChI=1S/C13H15NO4/c15-12-6-4-9-3-5-10(8-11(9)14-12)18-7-1-2-13(16)17/h3-6,8,13,16-17H,1-2,7H2,(H,14,15). The SMILES string of the molecule is O=c1ccc2ccc(OCCCC(O)O)cc2[nH]1. The third-order valence-corrected chi connectivity index (χ3v) is 2.57. The second-order valence-corrected chi connectivity index (χ2v) is 4.04. The molecule has 0 unspecified atom stereocenters. The first-order valence-electron chi connectivity index (χ1n) is 5.77. The molecular weight excluding hydrogens is 234 g/mol. The van der Waals surface area contributed by atoms with Gasteiger partial charge in [0.15, 0.2) is 6.29 Å². The minimum Gasteiger partial charge on any atom is -0.494 e. The lowest BCUT2D eigenvalue weighted by Gasteiger charge is -2.07. The molecule has 0 atom stereocenters. The van der Waals surface area contributed by atoms with Gasteiger partial charge in [0.2, 0.25) is 5.56 Å². The Balaban J connectivity index is 2.03. The second-order valence-electron chi connectivity index (χ2n) is 4.04. The number of pyridine rings is 1. The largest absolute Gasteiger partial charge is 0.494 e. The summed E-state index contributed by atoms with van der Waals surface area (Å²) in [6.07, 6.45) is -0.452. The molecule has 0 bridgehead atoms. The van der Waals surface area contributed by atoms with Crippen LogP contribution in [-0.4, -0.2) is 28.1 Å². The van der Waals surface area contributed by atoms with Crippen LogP contribution in [0.4, 0.5) is 0 Å². The molecule has 3 N–H and O–H groups in total. The van der Waals surface area contributed by atoms with E-state index in [1.54, 1.807) is 12.1 Å². The highest BCUT2D eigenvalue weighted by atomic mass is 16.5. The van der Waals surface area contributed by atoms with Crippen LogP contribution in [0.15, 0.2) is 35.1 Å². The maximum absolute atomic E-state index is 11.2. The van der Waals surface area contributed by atoms with E-state index in [0.29, 0.717) is 18.8 Å². The van der Waals surface area contributed by atoms with Gasteiger partial charge >= 0.3 is 0 Å². The van der Waals surface area contributed by atoms with E-state index in [0.717, 1.165) is 10.9 Å². The minimum absolute atomic E-state index is 0.150. The van der Waals surface area contributed by atoms with E-state index >= 15 is 0 Å². The summed E-state index contributed by atoms with van der Waals surface area (Å²) in [6, 6.07) is 8.66. The molecule has 0 amide bonds. The van der Waals surface area contributed by atoms with Gasteiger partial charge in [0.1, 0.15) is 5.75 Å². The van der Waals surface area contributed by atoms with Crippen molar-refractivity contribution >= 4 is 10.9 Å². The number of aromatic nitrogens is 1. The van der Waals surface area contributed by atoms with E-state index in [2.05, 4.69) is 4.98 Å². The Hall–Kier alpha value is -1.85. The number of hydrogen-bond acceptors (Lipinski definition) is 4. The first-order chi connectivity index (χ1) is 8.65. The smallest absolute Gasteiger partial charge is 0.248 e. The van der Waals surface area contributed by atoms with Crippen LogP contribution in [0, 0.1) is 0 Å². The van der Waals surface area contributed by atoms with Gasteiger partial charge in [0, 0.05) is 18.6 Å². The zero-order valence-corrected chi connectivity index (χ0v) is 9.80. The molecule has 0 aliphatic rings. The Morgan fingerprint density at radius 1 is 1.22 bits per heavy atom. The lowest BCUT2D eigenvalue weighted by Crippen LogP contribution is -2.07. The van der Waals surface area contributed by atoms with Gasteiger partial charge in [0.25, 0.3) is 0 Å². The van der Waals surface area contributed by atoms with E-state index in [4.69, 9.17) is 14.9 Å². The minimum atomic E-state index is -1.29. The van der Waals surface area contributed by atoms with E-state index in [9.17, 15) is 4.79 Å². The fourth-order valence-electron chi connectivity index (χ4n) is 1.67. The maximum atomic E-state index is 11.2. The van der Waals surface area contributed by atoms with E-state index in [1.165, 1.54) is 6.07 Å². The van der Waals surface area contributed by atoms with E-state index in [-0.39, 0.29) is 12.0 Å². The number of nitrogens with one attached hydrogen (secondary N) is 1. The molecule has 1 heterocycles. The van der Waals surface area contributed by atoms with Crippen molar-refractivity contribution in [1.29, 1.82) is 0 Å². The van der Waals surface area contributed by atoms with Crippen molar-refractivity contribution in [1.82, 2.24) is 4.98 Å². The molecule has 5 heteroatoms. The summed E-state index contributed by atoms with van der Waals surface area (Å²) in [6.45, 7) is 0.403. The molecule has 0 radical (unpaired) electrons. The normalized spacial score (nSPS) is 11.1. The van der Waals surface area contributed by atoms with Gasteiger partial charge in [-0.3, -0.25) is 4.79 Å². The molecule has 96 valence electrons. The molecule has 2 rings (SSSR count). The van der Waals surface area contributed by atoms with Crippen molar-refractivity contribution in [3.63, 3.8) is 0 Å². The summed E-state index contributed by atoms with van der Waals surface area (Å²) in [5.41, 5.74) is 0.574. The van der Waals surface area contributed by atoms with Crippen molar-refractivity contribution in [3.05, 3.63) is 40.7 Å². The number of rotatable bonds is 5. The van der Waals surface area contributed by atoms with Gasteiger partial charge in [0.05, 0.1) is 12.1 Å². The first kappa shape index (κ1) is 12.6. The van der Waals surface area contributed by atoms with Gasteiger partial charge in [-0.05, 0) is 30.0 Å². The van der Waals surface area contributed by atoms with Crippen LogP contribution >= 0.6 is 0 Å². The van der Waals surface area contributed by atoms with Crippen molar-refractivity contribution < 1.29 is 14.9 Å². The lowest BCUT2D eigenvalue weighted by atomic mass is 10.2. The third-order valence-electron chi connectivity index (χ3n) is 2.57. The Morgan fingerprint density at radius 2 is 2.00 bits per heavy atom.